The lowest BCUT2D eigenvalue weighted by atomic mass is 9.82. The molecule has 1 saturated heterocycles. The number of ether oxygens (including phenoxy) is 4. The van der Waals surface area contributed by atoms with Crippen molar-refractivity contribution in [2.75, 3.05) is 32.2 Å². The van der Waals surface area contributed by atoms with Crippen LogP contribution in [0.15, 0.2) is 59.6 Å². The summed E-state index contributed by atoms with van der Waals surface area (Å²) < 4.78 is 25.2. The number of carbonyl (C=O) groups excluding carboxylic acids is 1. The summed E-state index contributed by atoms with van der Waals surface area (Å²) in [4.78, 5) is 12.0. The van der Waals surface area contributed by atoms with Gasteiger partial charge in [-0.05, 0) is 95.2 Å². The van der Waals surface area contributed by atoms with E-state index in [9.17, 15) is 4.79 Å². The Bertz CT molecular complexity index is 1360. The highest BCUT2D eigenvalue weighted by atomic mass is 35.5. The van der Waals surface area contributed by atoms with Crippen LogP contribution in [0.3, 0.4) is 0 Å². The van der Waals surface area contributed by atoms with Gasteiger partial charge in [-0.2, -0.15) is 5.10 Å². The second kappa shape index (κ2) is 16.5. The molecular weight excluding hydrogens is 608 g/mol. The summed E-state index contributed by atoms with van der Waals surface area (Å²) in [5, 5.41) is 6.96. The summed E-state index contributed by atoms with van der Waals surface area (Å²) in [6.45, 7) is 8.45. The van der Waals surface area contributed by atoms with Crippen LogP contribution in [0.25, 0.3) is 22.4 Å². The minimum Gasteiger partial charge on any atom is -0.458 e. The number of aromatic nitrogens is 2. The van der Waals surface area contributed by atoms with E-state index in [1.807, 2.05) is 39.0 Å². The van der Waals surface area contributed by atoms with E-state index >= 15 is 0 Å². The van der Waals surface area contributed by atoms with E-state index in [1.165, 1.54) is 0 Å². The quantitative estimate of drug-likeness (QED) is 0.104. The molecule has 7 nitrogen and oxygen atoms in total. The van der Waals surface area contributed by atoms with Crippen LogP contribution in [-0.4, -0.2) is 59.8 Å². The normalized spacial score (nSPS) is 20.7. The van der Waals surface area contributed by atoms with Crippen LogP contribution in [0.2, 0.25) is 5.02 Å². The molecule has 0 N–H and O–H groups in total. The van der Waals surface area contributed by atoms with Gasteiger partial charge in [0.25, 0.3) is 0 Å². The average molecular weight is 655 g/mol. The summed E-state index contributed by atoms with van der Waals surface area (Å²) in [5.74, 6) is 1.44. The Balaban J connectivity index is 1.29. The first-order valence-electron chi connectivity index (χ1n) is 16.3. The van der Waals surface area contributed by atoms with Crippen LogP contribution in [0.5, 0.6) is 0 Å². The zero-order valence-corrected chi connectivity index (χ0v) is 28.4. The van der Waals surface area contributed by atoms with Gasteiger partial charge in [-0.15, -0.1) is 11.8 Å². The van der Waals surface area contributed by atoms with Crippen molar-refractivity contribution < 1.29 is 23.7 Å². The summed E-state index contributed by atoms with van der Waals surface area (Å²) >= 11 is 8.25. The molecule has 0 bridgehead atoms. The van der Waals surface area contributed by atoms with Crippen LogP contribution >= 0.6 is 23.4 Å². The Hall–Kier alpha value is -2.36. The molecule has 244 valence electrons. The predicted molar refractivity (Wildman–Crippen MR) is 180 cm³/mol. The van der Waals surface area contributed by atoms with Gasteiger partial charge in [0.2, 0.25) is 0 Å². The van der Waals surface area contributed by atoms with Crippen molar-refractivity contribution in [3.8, 4) is 22.4 Å². The smallest absolute Gasteiger partial charge is 0.332 e. The van der Waals surface area contributed by atoms with Gasteiger partial charge < -0.3 is 18.9 Å². The molecule has 1 aliphatic carbocycles. The molecule has 1 saturated carbocycles. The Morgan fingerprint density at radius 3 is 2.47 bits per heavy atom. The molecule has 1 unspecified atom stereocenters. The first-order chi connectivity index (χ1) is 21.7. The molecule has 5 rings (SSSR count). The lowest BCUT2D eigenvalue weighted by Gasteiger charge is -2.29. The summed E-state index contributed by atoms with van der Waals surface area (Å²) in [6, 6.07) is 18.6. The number of hydrogen-bond donors (Lipinski definition) is 0. The van der Waals surface area contributed by atoms with E-state index in [1.54, 1.807) is 11.8 Å². The summed E-state index contributed by atoms with van der Waals surface area (Å²) in [6.07, 6.45) is 7.47. The molecule has 1 aliphatic heterocycles. The van der Waals surface area contributed by atoms with Gasteiger partial charge in [0.05, 0.1) is 18.9 Å². The van der Waals surface area contributed by atoms with Crippen molar-refractivity contribution in [1.29, 1.82) is 0 Å². The van der Waals surface area contributed by atoms with Crippen LogP contribution < -0.4 is 0 Å². The third-order valence-corrected chi connectivity index (χ3v) is 9.40. The van der Waals surface area contributed by atoms with Gasteiger partial charge in [0.15, 0.2) is 6.29 Å². The molecule has 9 heteroatoms. The molecule has 2 aliphatic rings. The Morgan fingerprint density at radius 1 is 1.00 bits per heavy atom. The van der Waals surface area contributed by atoms with Gasteiger partial charge >= 0.3 is 5.97 Å². The van der Waals surface area contributed by atoms with Crippen molar-refractivity contribution in [2.24, 2.45) is 11.8 Å². The fourth-order valence-electron chi connectivity index (χ4n) is 6.13. The zero-order chi connectivity index (χ0) is 31.6. The Labute approximate surface area is 277 Å². The number of hydrogen-bond acceptors (Lipinski definition) is 7. The summed E-state index contributed by atoms with van der Waals surface area (Å²) in [7, 11) is 0. The van der Waals surface area contributed by atoms with Crippen molar-refractivity contribution in [2.45, 2.75) is 89.2 Å². The van der Waals surface area contributed by atoms with Crippen molar-refractivity contribution in [1.82, 2.24) is 9.78 Å². The summed E-state index contributed by atoms with van der Waals surface area (Å²) in [5.41, 5.74) is 3.96. The zero-order valence-electron chi connectivity index (χ0n) is 26.8. The van der Waals surface area contributed by atoms with Crippen molar-refractivity contribution in [3.05, 3.63) is 59.6 Å². The lowest BCUT2D eigenvalue weighted by Crippen LogP contribution is -2.28. The molecular formula is C36H47ClN2O5S. The van der Waals surface area contributed by atoms with E-state index in [2.05, 4.69) is 41.1 Å². The highest BCUT2D eigenvalue weighted by Crippen LogP contribution is 2.41. The first-order valence-corrected chi connectivity index (χ1v) is 17.7. The molecule has 0 radical (unpaired) electrons. The standard InChI is InChI=1S/C36H47ClN2O5S/c1-36(2,3)44-31(40)25-41-24-27-17-15-26(16-18-27)23-39-34(28-10-5-4-6-11-28)33(29-12-9-13-30(37)22-29)35(38-39)45-21-20-43-32-14-7-8-19-42-32/h4-6,9-13,22,26-27,32H,7-8,14-21,23-25H2,1-3H3. The van der Waals surface area contributed by atoms with Gasteiger partial charge in [0, 0.05) is 35.1 Å². The molecule has 2 aromatic carbocycles. The molecule has 1 aromatic heterocycles. The number of benzene rings is 2. The molecule has 45 heavy (non-hydrogen) atoms. The van der Waals surface area contributed by atoms with E-state index < -0.39 is 5.60 Å². The van der Waals surface area contributed by atoms with E-state index in [0.29, 0.717) is 30.1 Å². The maximum Gasteiger partial charge on any atom is 0.332 e. The van der Waals surface area contributed by atoms with Crippen LogP contribution in [0.1, 0.15) is 65.7 Å². The van der Waals surface area contributed by atoms with Gasteiger partial charge in [-0.3, -0.25) is 4.68 Å². The fourth-order valence-corrected chi connectivity index (χ4v) is 7.21. The van der Waals surface area contributed by atoms with Crippen LogP contribution in [0.4, 0.5) is 0 Å². The number of rotatable bonds is 13. The Kier molecular flexibility index (Phi) is 12.4. The lowest BCUT2D eigenvalue weighted by molar-refractivity contribution is -0.160. The van der Waals surface area contributed by atoms with Crippen LogP contribution in [-0.2, 0) is 30.3 Å². The Morgan fingerprint density at radius 2 is 1.76 bits per heavy atom. The van der Waals surface area contributed by atoms with Gasteiger partial charge in [0.1, 0.15) is 17.2 Å². The number of halogens is 1. The third kappa shape index (κ3) is 10.3. The largest absolute Gasteiger partial charge is 0.458 e. The minimum atomic E-state index is -0.494. The molecule has 2 heterocycles. The van der Waals surface area contributed by atoms with Gasteiger partial charge in [-0.1, -0.05) is 54.1 Å². The topological polar surface area (TPSA) is 71.8 Å². The third-order valence-electron chi connectivity index (χ3n) is 8.24. The number of esters is 1. The maximum absolute atomic E-state index is 12.0. The fraction of sp³-hybridized carbons (Fsp3) is 0.556. The molecule has 2 fully saturated rings. The number of nitrogens with zero attached hydrogens (tertiary/aromatic N) is 2. The predicted octanol–water partition coefficient (Wildman–Crippen LogP) is 8.67. The number of carbonyl (C=O) groups is 1. The highest BCUT2D eigenvalue weighted by Gasteiger charge is 2.27. The monoisotopic (exact) mass is 654 g/mol. The van der Waals surface area contributed by atoms with Crippen molar-refractivity contribution in [3.63, 3.8) is 0 Å². The maximum atomic E-state index is 12.0. The SMILES string of the molecule is CC(C)(C)OC(=O)COCC1CCC(Cn2nc(SCCOC3CCCCO3)c(-c3cccc(Cl)c3)c2-c2ccccc2)CC1. The highest BCUT2D eigenvalue weighted by molar-refractivity contribution is 7.99. The van der Waals surface area contributed by atoms with E-state index in [0.717, 1.165) is 91.3 Å². The minimum absolute atomic E-state index is 0.0103. The number of thioether (sulfide) groups is 1. The van der Waals surface area contributed by atoms with E-state index in [-0.39, 0.29) is 18.9 Å². The first kappa shape index (κ1) is 34.0. The molecule has 1 atom stereocenters. The molecule has 0 spiro atoms. The van der Waals surface area contributed by atoms with Gasteiger partial charge in [-0.25, -0.2) is 4.79 Å². The molecule has 0 amide bonds. The van der Waals surface area contributed by atoms with Crippen LogP contribution in [0, 0.1) is 11.8 Å². The van der Waals surface area contributed by atoms with Crippen molar-refractivity contribution >= 4 is 29.3 Å². The average Bonchev–Trinajstić information content (AvgIpc) is 3.38. The second-order valence-electron chi connectivity index (χ2n) is 13.1. The second-order valence-corrected chi connectivity index (χ2v) is 14.6. The van der Waals surface area contributed by atoms with E-state index in [4.69, 9.17) is 35.6 Å². The molecule has 3 aromatic rings.